The van der Waals surface area contributed by atoms with Gasteiger partial charge in [-0.3, -0.25) is 14.5 Å². The third-order valence-electron chi connectivity index (χ3n) is 7.08. The van der Waals surface area contributed by atoms with Crippen LogP contribution >= 0.6 is 40.2 Å². The Morgan fingerprint density at radius 2 is 1.82 bits per heavy atom. The lowest BCUT2D eigenvalue weighted by Gasteiger charge is -2.46. The highest BCUT2D eigenvalue weighted by molar-refractivity contribution is 8.03. The van der Waals surface area contributed by atoms with Gasteiger partial charge in [0.25, 0.3) is 0 Å². The fourth-order valence-corrected chi connectivity index (χ4v) is 7.23. The van der Waals surface area contributed by atoms with E-state index < -0.39 is 48.0 Å². The normalized spacial score (nSPS) is 26.5. The largest absolute Gasteiger partial charge is 0.448 e. The zero-order valence-electron chi connectivity index (χ0n) is 20.9. The molecule has 210 valence electrons. The maximum atomic E-state index is 13.3. The number of rotatable bonds is 7. The van der Waals surface area contributed by atoms with E-state index in [0.717, 1.165) is 0 Å². The molecule has 3 aliphatic rings. The van der Waals surface area contributed by atoms with Crippen LogP contribution in [0.15, 0.2) is 34.9 Å². The van der Waals surface area contributed by atoms with E-state index in [4.69, 9.17) is 9.05 Å². The Bertz CT molecular complexity index is 1250. The summed E-state index contributed by atoms with van der Waals surface area (Å²) in [6.45, 7) is 3.54. The number of hydrogen-bond acceptors (Lipinski definition) is 10. The molecule has 0 bridgehead atoms. The van der Waals surface area contributed by atoms with Gasteiger partial charge in [-0.1, -0.05) is 13.0 Å². The number of carbonyl (C=O) groups excluding carboxylic acids is 5. The number of aliphatic hydroxyl groups is 1. The van der Waals surface area contributed by atoms with Gasteiger partial charge in [-0.15, -0.1) is 11.8 Å². The Morgan fingerprint density at radius 1 is 1.13 bits per heavy atom. The first-order chi connectivity index (χ1) is 18.5. The smallest absolute Gasteiger partial charge is 0.412 e. The van der Waals surface area contributed by atoms with Crippen LogP contribution in [0.25, 0.3) is 0 Å². The molecule has 1 aromatic carbocycles. The molecule has 16 heteroatoms. The summed E-state index contributed by atoms with van der Waals surface area (Å²) in [4.78, 5) is 66.4. The SMILES string of the molecule is C[C@@H](O)[C@H]1C(=O)N2C(C(=O)OP)=C(S[C@H]3C[C@@H](C(=O)Nc4cccc(C(=O)OP)c4)N(C(=O)OP)C3)[C@H](C)[C@H]12. The Morgan fingerprint density at radius 3 is 2.44 bits per heavy atom. The van der Waals surface area contributed by atoms with E-state index in [0.29, 0.717) is 10.6 Å². The third kappa shape index (κ3) is 5.52. The van der Waals surface area contributed by atoms with Crippen LogP contribution in [0.3, 0.4) is 0 Å². The first-order valence-electron chi connectivity index (χ1n) is 11.9. The average Bonchev–Trinajstić information content (AvgIpc) is 3.45. The monoisotopic (exact) mass is 615 g/mol. The van der Waals surface area contributed by atoms with Crippen LogP contribution in [-0.4, -0.2) is 74.7 Å². The van der Waals surface area contributed by atoms with Crippen molar-refractivity contribution in [3.05, 3.63) is 40.4 Å². The Labute approximate surface area is 235 Å². The van der Waals surface area contributed by atoms with Crippen molar-refractivity contribution in [2.75, 3.05) is 11.9 Å². The molecule has 1 aromatic rings. The van der Waals surface area contributed by atoms with Crippen LogP contribution in [0.1, 0.15) is 30.6 Å². The number of aliphatic hydroxyl groups excluding tert-OH is 1. The lowest BCUT2D eigenvalue weighted by Crippen LogP contribution is -2.63. The van der Waals surface area contributed by atoms with Gasteiger partial charge in [0.15, 0.2) is 0 Å². The van der Waals surface area contributed by atoms with Crippen LogP contribution < -0.4 is 5.32 Å². The first-order valence-corrected chi connectivity index (χ1v) is 14.2. The van der Waals surface area contributed by atoms with Gasteiger partial charge in [0.2, 0.25) is 11.8 Å². The van der Waals surface area contributed by atoms with Crippen molar-refractivity contribution in [2.24, 2.45) is 11.8 Å². The standard InChI is InChI=1S/C23H28N3O9P3S/c1-9-16-15(10(2)27)20(29)26(16)17(22(31)34-37)18(9)39-13-7-14(25(8-13)23(32)35-38)19(28)24-12-5-3-4-11(6-12)21(30)33-36/h3-6,9-10,13-16,27H,7-8,36-38H2,1-2H3,(H,24,28)/t9-,10-,13+,14+,15-,16-/m1/s1. The number of carbonyl (C=O) groups is 5. The van der Waals surface area contributed by atoms with Crippen molar-refractivity contribution in [1.29, 1.82) is 0 Å². The molecule has 3 unspecified atom stereocenters. The van der Waals surface area contributed by atoms with Gasteiger partial charge < -0.3 is 28.9 Å². The molecule has 9 atom stereocenters. The van der Waals surface area contributed by atoms with E-state index >= 15 is 0 Å². The number of hydrogen-bond donors (Lipinski definition) is 2. The van der Waals surface area contributed by atoms with Gasteiger partial charge in [0.05, 0.1) is 52.0 Å². The second-order valence-corrected chi connectivity index (χ2v) is 11.4. The minimum Gasteiger partial charge on any atom is -0.448 e. The summed E-state index contributed by atoms with van der Waals surface area (Å²) in [6.07, 6.45) is -1.39. The van der Waals surface area contributed by atoms with Crippen LogP contribution in [-0.2, 0) is 28.0 Å². The topological polar surface area (TPSA) is 152 Å². The fourth-order valence-electron chi connectivity index (χ4n) is 5.32. The molecule has 2 saturated heterocycles. The Kier molecular flexibility index (Phi) is 9.19. The number of benzene rings is 1. The third-order valence-corrected chi connectivity index (χ3v) is 9.20. The summed E-state index contributed by atoms with van der Waals surface area (Å²) in [7, 11) is 5.62. The summed E-state index contributed by atoms with van der Waals surface area (Å²) >= 11 is 1.30. The molecule has 3 aliphatic heterocycles. The molecule has 39 heavy (non-hydrogen) atoms. The van der Waals surface area contributed by atoms with E-state index in [1.807, 2.05) is 35.3 Å². The molecule has 4 rings (SSSR count). The van der Waals surface area contributed by atoms with Crippen molar-refractivity contribution in [1.82, 2.24) is 9.80 Å². The highest BCUT2D eigenvalue weighted by Gasteiger charge is 2.60. The lowest BCUT2D eigenvalue weighted by atomic mass is 9.79. The van der Waals surface area contributed by atoms with Gasteiger partial charge in [-0.25, -0.2) is 14.4 Å². The van der Waals surface area contributed by atoms with Crippen molar-refractivity contribution in [3.8, 4) is 0 Å². The number of likely N-dealkylation sites (tertiary alicyclic amines) is 1. The van der Waals surface area contributed by atoms with Crippen LogP contribution in [0.4, 0.5) is 10.5 Å². The summed E-state index contributed by atoms with van der Waals surface area (Å²) in [6, 6.07) is 4.86. The minimum atomic E-state index is -0.911. The van der Waals surface area contributed by atoms with Crippen molar-refractivity contribution in [3.63, 3.8) is 0 Å². The number of fused-ring (bicyclic) bond motifs is 1. The van der Waals surface area contributed by atoms with Crippen LogP contribution in [0.5, 0.6) is 0 Å². The predicted molar refractivity (Wildman–Crippen MR) is 151 cm³/mol. The molecule has 0 spiro atoms. The molecule has 3 heterocycles. The van der Waals surface area contributed by atoms with Gasteiger partial charge >= 0.3 is 18.0 Å². The van der Waals surface area contributed by atoms with E-state index in [-0.39, 0.29) is 41.3 Å². The van der Waals surface area contributed by atoms with Crippen molar-refractivity contribution >= 4 is 75.7 Å². The molecule has 3 amide bonds. The Balaban J connectivity index is 1.56. The number of anilines is 1. The van der Waals surface area contributed by atoms with E-state index in [2.05, 4.69) is 9.84 Å². The maximum absolute atomic E-state index is 13.3. The molecule has 0 aliphatic carbocycles. The molecule has 0 radical (unpaired) electrons. The summed E-state index contributed by atoms with van der Waals surface area (Å²) in [5, 5.41) is 12.5. The first kappa shape index (κ1) is 29.7. The van der Waals surface area contributed by atoms with Crippen LogP contribution in [0.2, 0.25) is 0 Å². The summed E-state index contributed by atoms with van der Waals surface area (Å²) in [5.41, 5.74) is 0.683. The van der Waals surface area contributed by atoms with E-state index in [1.54, 1.807) is 12.1 Å². The molecule has 0 saturated carbocycles. The molecule has 2 fully saturated rings. The van der Waals surface area contributed by atoms with Gasteiger partial charge in [-0.2, -0.15) is 0 Å². The number of thioether (sulfide) groups is 1. The second-order valence-electron chi connectivity index (χ2n) is 9.37. The number of nitrogens with zero attached hydrogens (tertiary/aromatic N) is 2. The maximum Gasteiger partial charge on any atom is 0.412 e. The lowest BCUT2D eigenvalue weighted by molar-refractivity contribution is -0.162. The average molecular weight is 615 g/mol. The zero-order valence-corrected chi connectivity index (χ0v) is 25.2. The van der Waals surface area contributed by atoms with Crippen molar-refractivity contribution in [2.45, 2.75) is 43.7 Å². The zero-order chi connectivity index (χ0) is 28.6. The Hall–Kier alpha value is -2.29. The summed E-state index contributed by atoms with van der Waals surface area (Å²) < 4.78 is 14.3. The fraction of sp³-hybridized carbons (Fsp3) is 0.435. The highest BCUT2D eigenvalue weighted by atomic mass is 32.2. The minimum absolute atomic E-state index is 0.111. The second kappa shape index (κ2) is 12.1. The summed E-state index contributed by atoms with van der Waals surface area (Å²) in [5.74, 6) is -3.06. The van der Waals surface area contributed by atoms with Gasteiger partial charge in [-0.05, 0) is 31.5 Å². The van der Waals surface area contributed by atoms with Crippen LogP contribution in [0, 0.1) is 11.8 Å². The quantitative estimate of drug-likeness (QED) is 0.345. The molecule has 12 nitrogen and oxygen atoms in total. The van der Waals surface area contributed by atoms with Crippen molar-refractivity contribution < 1.29 is 42.7 Å². The molecular formula is C23H28N3O9P3S. The predicted octanol–water partition coefficient (Wildman–Crippen LogP) is 2.08. The molecule has 2 N–H and O–H groups in total. The number of amides is 3. The van der Waals surface area contributed by atoms with Gasteiger partial charge in [0, 0.05) is 28.3 Å². The van der Waals surface area contributed by atoms with E-state index in [9.17, 15) is 29.1 Å². The highest BCUT2D eigenvalue weighted by Crippen LogP contribution is 2.52. The number of nitrogens with one attached hydrogen (secondary N) is 1. The molecular weight excluding hydrogens is 587 g/mol. The number of β-lactam (4-membered cyclic amide) rings is 1. The molecule has 0 aromatic heterocycles. The van der Waals surface area contributed by atoms with E-state index in [1.165, 1.54) is 40.6 Å². The van der Waals surface area contributed by atoms with Gasteiger partial charge in [0.1, 0.15) is 11.7 Å².